The smallest absolute Gasteiger partial charge is 0.0596 e. The third kappa shape index (κ3) is 1.87. The molecule has 2 N–H and O–H groups in total. The quantitative estimate of drug-likeness (QED) is 0.520. The van der Waals surface area contributed by atoms with Crippen LogP contribution >= 0.6 is 0 Å². The van der Waals surface area contributed by atoms with Crippen molar-refractivity contribution in [1.82, 2.24) is 0 Å². The Hall–Kier alpha value is -0.570. The molecule has 0 amide bonds. The molecule has 0 bridgehead atoms. The molecule has 0 heterocycles. The minimum Gasteiger partial charge on any atom is -0.411 e. The first kappa shape index (κ1) is 15.0. The Morgan fingerprint density at radius 3 is 2.50 bits per heavy atom. The van der Waals surface area contributed by atoms with Crippen molar-refractivity contribution < 1.29 is 10.3 Å². The summed E-state index contributed by atoms with van der Waals surface area (Å²) in [7, 11) is 0. The highest BCUT2D eigenvalue weighted by molar-refractivity contribution is 5.85. The zero-order chi connectivity index (χ0) is 15.5. The molecule has 0 aromatic heterocycles. The molecule has 0 unspecified atom stereocenters. The second-order valence-electron chi connectivity index (χ2n) is 9.16. The Morgan fingerprint density at radius 1 is 0.955 bits per heavy atom. The van der Waals surface area contributed by atoms with E-state index in [2.05, 4.69) is 19.0 Å². The fourth-order valence-corrected chi connectivity index (χ4v) is 7.12. The van der Waals surface area contributed by atoms with Crippen molar-refractivity contribution in [3.8, 4) is 0 Å². The van der Waals surface area contributed by atoms with Crippen molar-refractivity contribution in [2.45, 2.75) is 77.7 Å². The predicted octanol–water partition coefficient (Wildman–Crippen LogP) is 4.22. The summed E-state index contributed by atoms with van der Waals surface area (Å²) in [6, 6.07) is 0. The first-order chi connectivity index (χ1) is 10.5. The van der Waals surface area contributed by atoms with Crippen LogP contribution in [0.25, 0.3) is 0 Å². The lowest BCUT2D eigenvalue weighted by atomic mass is 9.45. The van der Waals surface area contributed by atoms with E-state index in [0.29, 0.717) is 11.3 Å². The largest absolute Gasteiger partial charge is 0.411 e. The molecule has 124 valence electrons. The average molecular weight is 305 g/mol. The van der Waals surface area contributed by atoms with Gasteiger partial charge in [-0.1, -0.05) is 19.0 Å². The molecular weight excluding hydrogens is 274 g/mol. The molecule has 4 saturated carbocycles. The Morgan fingerprint density at radius 2 is 1.73 bits per heavy atom. The van der Waals surface area contributed by atoms with Crippen molar-refractivity contribution in [3.63, 3.8) is 0 Å². The Balaban J connectivity index is 1.62. The maximum Gasteiger partial charge on any atom is 0.0596 e. The van der Waals surface area contributed by atoms with E-state index < -0.39 is 0 Å². The van der Waals surface area contributed by atoms with Gasteiger partial charge in [0.1, 0.15) is 0 Å². The normalized spacial score (nSPS) is 56.3. The molecule has 22 heavy (non-hydrogen) atoms. The molecule has 3 heteroatoms. The molecule has 0 aliphatic heterocycles. The molecule has 0 aromatic carbocycles. The van der Waals surface area contributed by atoms with E-state index in [1.54, 1.807) is 0 Å². The third-order valence-corrected chi connectivity index (χ3v) is 8.59. The Bertz CT molecular complexity index is 490. The van der Waals surface area contributed by atoms with Crippen LogP contribution < -0.4 is 0 Å². The van der Waals surface area contributed by atoms with Crippen LogP contribution in [0.3, 0.4) is 0 Å². The van der Waals surface area contributed by atoms with Crippen LogP contribution in [0.1, 0.15) is 71.6 Å². The highest BCUT2D eigenvalue weighted by atomic mass is 16.4. The number of aliphatic hydroxyl groups excluding tert-OH is 1. The third-order valence-electron chi connectivity index (χ3n) is 8.59. The van der Waals surface area contributed by atoms with Crippen molar-refractivity contribution in [2.75, 3.05) is 0 Å². The van der Waals surface area contributed by atoms with Crippen molar-refractivity contribution in [2.24, 2.45) is 39.7 Å². The van der Waals surface area contributed by atoms with Crippen LogP contribution in [0.5, 0.6) is 0 Å². The first-order valence-corrected chi connectivity index (χ1v) is 9.37. The SMILES string of the molecule is C[C@]12CC/C(=N\O)C[C@@H]1CC[C@@H]1[C@@H]2CC[C@]2(C)[C@H](O)CC[C@@H]12. The van der Waals surface area contributed by atoms with Crippen LogP contribution in [0, 0.1) is 34.5 Å². The van der Waals surface area contributed by atoms with Crippen LogP contribution in [0.2, 0.25) is 0 Å². The molecular formula is C19H31NO2. The number of fused-ring (bicyclic) bond motifs is 5. The number of aliphatic hydroxyl groups is 1. The van der Waals surface area contributed by atoms with E-state index in [0.717, 1.165) is 42.7 Å². The van der Waals surface area contributed by atoms with Gasteiger partial charge in [0, 0.05) is 0 Å². The number of hydrogen-bond donors (Lipinski definition) is 2. The zero-order valence-electron chi connectivity index (χ0n) is 14.1. The van der Waals surface area contributed by atoms with Crippen molar-refractivity contribution in [1.29, 1.82) is 0 Å². The fraction of sp³-hybridized carbons (Fsp3) is 0.947. The molecule has 0 radical (unpaired) electrons. The summed E-state index contributed by atoms with van der Waals surface area (Å²) in [6.07, 6.45) is 10.5. The van der Waals surface area contributed by atoms with Gasteiger partial charge in [-0.2, -0.15) is 0 Å². The molecule has 7 atom stereocenters. The van der Waals surface area contributed by atoms with Crippen molar-refractivity contribution in [3.05, 3.63) is 0 Å². The number of oxime groups is 1. The van der Waals surface area contributed by atoms with Crippen molar-refractivity contribution >= 4 is 5.71 Å². The number of rotatable bonds is 0. The van der Waals surface area contributed by atoms with E-state index in [4.69, 9.17) is 5.21 Å². The minimum atomic E-state index is -0.0662. The summed E-state index contributed by atoms with van der Waals surface area (Å²) in [5.41, 5.74) is 1.65. The summed E-state index contributed by atoms with van der Waals surface area (Å²) in [6.45, 7) is 4.88. The summed E-state index contributed by atoms with van der Waals surface area (Å²) in [5, 5.41) is 23.2. The lowest BCUT2D eigenvalue weighted by molar-refractivity contribution is -0.112. The molecule has 0 saturated heterocycles. The van der Waals surface area contributed by atoms with Gasteiger partial charge in [-0.15, -0.1) is 0 Å². The summed E-state index contributed by atoms with van der Waals surface area (Å²) in [4.78, 5) is 0. The molecule has 4 rings (SSSR count). The van der Waals surface area contributed by atoms with Gasteiger partial charge in [0.15, 0.2) is 0 Å². The minimum absolute atomic E-state index is 0.0662. The van der Waals surface area contributed by atoms with Gasteiger partial charge < -0.3 is 10.3 Å². The molecule has 4 aliphatic carbocycles. The second-order valence-corrected chi connectivity index (χ2v) is 9.16. The topological polar surface area (TPSA) is 52.8 Å². The molecule has 0 spiro atoms. The van der Waals surface area contributed by atoms with Gasteiger partial charge >= 0.3 is 0 Å². The van der Waals surface area contributed by atoms with Gasteiger partial charge in [0.2, 0.25) is 0 Å². The summed E-state index contributed by atoms with van der Waals surface area (Å²) in [5.74, 6) is 3.11. The van der Waals surface area contributed by atoms with E-state index in [1.807, 2.05) is 0 Å². The highest BCUT2D eigenvalue weighted by Gasteiger charge is 2.59. The van der Waals surface area contributed by atoms with E-state index in [-0.39, 0.29) is 11.5 Å². The van der Waals surface area contributed by atoms with Crippen LogP contribution in [0.15, 0.2) is 5.16 Å². The average Bonchev–Trinajstić information content (AvgIpc) is 2.82. The van der Waals surface area contributed by atoms with Gasteiger partial charge in [-0.3, -0.25) is 0 Å². The van der Waals surface area contributed by atoms with E-state index in [1.165, 1.54) is 38.5 Å². The fourth-order valence-electron chi connectivity index (χ4n) is 7.12. The molecule has 4 fully saturated rings. The van der Waals surface area contributed by atoms with Gasteiger partial charge in [0.25, 0.3) is 0 Å². The standard InChI is InChI=1S/C19H31NO2/c1-18-9-7-13(20-22)11-12(18)3-4-14-15-5-6-17(21)19(15,2)10-8-16(14)18/h12,14-17,21-22H,3-11H2,1-2H3/b20-13+/t12-,14-,15-,16-,17+,18-,19-/m0/s1. The highest BCUT2D eigenvalue weighted by Crippen LogP contribution is 2.65. The Kier molecular flexibility index (Phi) is 3.38. The molecule has 3 nitrogen and oxygen atoms in total. The Labute approximate surface area is 134 Å². The van der Waals surface area contributed by atoms with Gasteiger partial charge in [-0.05, 0) is 92.3 Å². The lowest BCUT2D eigenvalue weighted by Crippen LogP contribution is -2.54. The van der Waals surface area contributed by atoms with Gasteiger partial charge in [-0.25, -0.2) is 0 Å². The van der Waals surface area contributed by atoms with Crippen LogP contribution in [-0.2, 0) is 0 Å². The monoisotopic (exact) mass is 305 g/mol. The molecule has 4 aliphatic rings. The lowest BCUT2D eigenvalue weighted by Gasteiger charge is -2.60. The van der Waals surface area contributed by atoms with E-state index >= 15 is 0 Å². The number of nitrogens with zero attached hydrogens (tertiary/aromatic N) is 1. The van der Waals surface area contributed by atoms with E-state index in [9.17, 15) is 5.11 Å². The maximum absolute atomic E-state index is 10.5. The van der Waals surface area contributed by atoms with Crippen LogP contribution in [-0.4, -0.2) is 22.1 Å². The van der Waals surface area contributed by atoms with Gasteiger partial charge in [0.05, 0.1) is 11.8 Å². The first-order valence-electron chi connectivity index (χ1n) is 9.37. The summed E-state index contributed by atoms with van der Waals surface area (Å²) < 4.78 is 0. The maximum atomic E-state index is 10.5. The second kappa shape index (κ2) is 4.96. The zero-order valence-corrected chi connectivity index (χ0v) is 14.1. The summed E-state index contributed by atoms with van der Waals surface area (Å²) >= 11 is 0. The number of hydrogen-bond acceptors (Lipinski definition) is 3. The molecule has 0 aromatic rings. The predicted molar refractivity (Wildman–Crippen MR) is 87.0 cm³/mol. The van der Waals surface area contributed by atoms with Crippen LogP contribution in [0.4, 0.5) is 0 Å².